The topological polar surface area (TPSA) is 3.24 Å². The Morgan fingerprint density at radius 1 is 1.12 bits per heavy atom. The van der Waals surface area contributed by atoms with Crippen molar-refractivity contribution in [3.05, 3.63) is 35.9 Å². The number of thiol groups is 1. The van der Waals surface area contributed by atoms with Gasteiger partial charge in [-0.3, -0.25) is 0 Å². The molecule has 2 heteroatoms. The highest BCUT2D eigenvalue weighted by atomic mass is 32.1. The average molecular weight is 247 g/mol. The second-order valence-electron chi connectivity index (χ2n) is 5.58. The molecule has 0 N–H and O–H groups in total. The molecule has 1 nitrogen and oxygen atoms in total. The van der Waals surface area contributed by atoms with Crippen LogP contribution in [-0.2, 0) is 0 Å². The van der Waals surface area contributed by atoms with E-state index in [4.69, 9.17) is 12.6 Å². The summed E-state index contributed by atoms with van der Waals surface area (Å²) in [5.74, 6) is 1.65. The van der Waals surface area contributed by atoms with Crippen LogP contribution in [0, 0.1) is 5.92 Å². The number of hydrogen-bond acceptors (Lipinski definition) is 2. The fourth-order valence-corrected chi connectivity index (χ4v) is 3.47. The number of benzene rings is 1. The van der Waals surface area contributed by atoms with Crippen LogP contribution >= 0.6 is 12.6 Å². The molecule has 0 bridgehead atoms. The third-order valence-electron chi connectivity index (χ3n) is 4.11. The molecular weight excluding hydrogens is 226 g/mol. The molecule has 0 radical (unpaired) electrons. The zero-order valence-electron chi connectivity index (χ0n) is 10.3. The largest absolute Gasteiger partial charge is 0.302 e. The Morgan fingerprint density at radius 3 is 2.53 bits per heavy atom. The van der Waals surface area contributed by atoms with Crippen molar-refractivity contribution >= 4 is 12.6 Å². The van der Waals surface area contributed by atoms with Gasteiger partial charge in [0.15, 0.2) is 0 Å². The summed E-state index contributed by atoms with van der Waals surface area (Å²) >= 11 is 4.83. The molecule has 1 aliphatic carbocycles. The van der Waals surface area contributed by atoms with E-state index in [9.17, 15) is 0 Å². The molecular formula is C15H21NS. The summed E-state index contributed by atoms with van der Waals surface area (Å²) in [6.45, 7) is 3.74. The van der Waals surface area contributed by atoms with E-state index in [0.717, 1.165) is 5.92 Å². The van der Waals surface area contributed by atoms with E-state index in [1.54, 1.807) is 0 Å². The van der Waals surface area contributed by atoms with Crippen molar-refractivity contribution in [2.24, 2.45) is 5.92 Å². The van der Waals surface area contributed by atoms with Crippen LogP contribution in [0.3, 0.4) is 0 Å². The molecule has 1 saturated carbocycles. The van der Waals surface area contributed by atoms with Gasteiger partial charge in [0.1, 0.15) is 0 Å². The zero-order valence-corrected chi connectivity index (χ0v) is 11.2. The molecule has 1 saturated heterocycles. The summed E-state index contributed by atoms with van der Waals surface area (Å²) in [6, 6.07) is 10.9. The Labute approximate surface area is 110 Å². The van der Waals surface area contributed by atoms with Gasteiger partial charge in [-0.2, -0.15) is 12.6 Å². The second-order valence-corrected chi connectivity index (χ2v) is 6.24. The van der Waals surface area contributed by atoms with Crippen LogP contribution in [0.4, 0.5) is 0 Å². The van der Waals surface area contributed by atoms with Gasteiger partial charge in [-0.1, -0.05) is 30.3 Å². The lowest BCUT2D eigenvalue weighted by molar-refractivity contribution is 0.211. The summed E-state index contributed by atoms with van der Waals surface area (Å²) in [7, 11) is 0. The fourth-order valence-electron chi connectivity index (χ4n) is 2.92. The summed E-state index contributed by atoms with van der Waals surface area (Å²) in [6.07, 6.45) is 4.18. The first-order chi connectivity index (χ1) is 8.33. The Bertz CT molecular complexity index is 360. The minimum absolute atomic E-state index is 0.505. The first kappa shape index (κ1) is 11.6. The average Bonchev–Trinajstić information content (AvgIpc) is 3.14. The maximum absolute atomic E-state index is 4.83. The van der Waals surface area contributed by atoms with E-state index in [0.29, 0.717) is 11.2 Å². The van der Waals surface area contributed by atoms with Crippen LogP contribution in [0.25, 0.3) is 0 Å². The van der Waals surface area contributed by atoms with Crippen LogP contribution in [-0.4, -0.2) is 29.8 Å². The lowest BCUT2D eigenvalue weighted by Gasteiger charge is -2.36. The number of nitrogens with zero attached hydrogens (tertiary/aromatic N) is 1. The van der Waals surface area contributed by atoms with Gasteiger partial charge in [-0.25, -0.2) is 0 Å². The van der Waals surface area contributed by atoms with Gasteiger partial charge < -0.3 is 4.90 Å². The zero-order chi connectivity index (χ0) is 11.7. The molecule has 2 atom stereocenters. The highest BCUT2D eigenvalue weighted by Crippen LogP contribution is 2.35. The van der Waals surface area contributed by atoms with Crippen molar-refractivity contribution in [2.75, 3.05) is 19.6 Å². The van der Waals surface area contributed by atoms with Crippen molar-refractivity contribution in [3.63, 3.8) is 0 Å². The quantitative estimate of drug-likeness (QED) is 0.803. The predicted octanol–water partition coefficient (Wildman–Crippen LogP) is 3.18. The molecule has 2 aliphatic rings. The van der Waals surface area contributed by atoms with Crippen molar-refractivity contribution in [3.8, 4) is 0 Å². The molecule has 1 heterocycles. The van der Waals surface area contributed by atoms with Gasteiger partial charge in [-0.05, 0) is 43.2 Å². The number of hydrogen-bond donors (Lipinski definition) is 1. The molecule has 92 valence electrons. The van der Waals surface area contributed by atoms with Crippen molar-refractivity contribution in [1.82, 2.24) is 4.90 Å². The Morgan fingerprint density at radius 2 is 1.88 bits per heavy atom. The third-order valence-corrected chi connectivity index (χ3v) is 4.63. The minimum Gasteiger partial charge on any atom is -0.302 e. The summed E-state index contributed by atoms with van der Waals surface area (Å²) in [5.41, 5.74) is 1.47. The molecule has 2 fully saturated rings. The molecule has 0 aromatic heterocycles. The molecule has 0 spiro atoms. The van der Waals surface area contributed by atoms with Crippen LogP contribution in [0.2, 0.25) is 0 Å². The van der Waals surface area contributed by atoms with Crippen LogP contribution in [0.1, 0.15) is 30.7 Å². The van der Waals surface area contributed by atoms with E-state index < -0.39 is 0 Å². The third kappa shape index (κ3) is 2.86. The summed E-state index contributed by atoms with van der Waals surface area (Å²) in [5, 5.41) is 0.505. The maximum Gasteiger partial charge on any atom is 0.0213 e. The van der Waals surface area contributed by atoms with E-state index in [1.807, 2.05) is 0 Å². The predicted molar refractivity (Wildman–Crippen MR) is 75.7 cm³/mol. The smallest absolute Gasteiger partial charge is 0.0213 e. The molecule has 1 aromatic carbocycles. The van der Waals surface area contributed by atoms with Gasteiger partial charge in [-0.15, -0.1) is 0 Å². The summed E-state index contributed by atoms with van der Waals surface area (Å²) < 4.78 is 0. The Hall–Kier alpha value is -0.470. The minimum atomic E-state index is 0.505. The lowest BCUT2D eigenvalue weighted by atomic mass is 9.89. The van der Waals surface area contributed by atoms with Crippen LogP contribution in [0.5, 0.6) is 0 Å². The summed E-state index contributed by atoms with van der Waals surface area (Å²) in [4.78, 5) is 2.62. The highest BCUT2D eigenvalue weighted by molar-refractivity contribution is 7.81. The standard InChI is InChI=1S/C15H21NS/c17-15-11-16(10-12-6-7-12)9-8-14(15)13-4-2-1-3-5-13/h1-5,12,14-15,17H,6-11H2/t14-,15-/m0/s1. The van der Waals surface area contributed by atoms with Gasteiger partial charge >= 0.3 is 0 Å². The number of piperidine rings is 1. The van der Waals surface area contributed by atoms with Gasteiger partial charge in [0.2, 0.25) is 0 Å². The SMILES string of the molecule is S[C@H]1CN(CC2CC2)CC[C@H]1c1ccccc1. The van der Waals surface area contributed by atoms with Crippen molar-refractivity contribution in [1.29, 1.82) is 0 Å². The van der Waals surface area contributed by atoms with E-state index in [1.165, 1.54) is 44.5 Å². The molecule has 1 aliphatic heterocycles. The van der Waals surface area contributed by atoms with E-state index in [-0.39, 0.29) is 0 Å². The monoisotopic (exact) mass is 247 g/mol. The lowest BCUT2D eigenvalue weighted by Crippen LogP contribution is -2.41. The molecule has 1 aromatic rings. The fraction of sp³-hybridized carbons (Fsp3) is 0.600. The Balaban J connectivity index is 1.61. The van der Waals surface area contributed by atoms with Crippen molar-refractivity contribution < 1.29 is 0 Å². The molecule has 17 heavy (non-hydrogen) atoms. The number of rotatable bonds is 3. The van der Waals surface area contributed by atoms with Crippen LogP contribution in [0.15, 0.2) is 30.3 Å². The Kier molecular flexibility index (Phi) is 3.44. The first-order valence-corrected chi connectivity index (χ1v) is 7.30. The van der Waals surface area contributed by atoms with E-state index in [2.05, 4.69) is 35.2 Å². The van der Waals surface area contributed by atoms with E-state index >= 15 is 0 Å². The van der Waals surface area contributed by atoms with Crippen LogP contribution < -0.4 is 0 Å². The molecule has 0 amide bonds. The highest BCUT2D eigenvalue weighted by Gasteiger charge is 2.31. The van der Waals surface area contributed by atoms with Gasteiger partial charge in [0.25, 0.3) is 0 Å². The van der Waals surface area contributed by atoms with Gasteiger partial charge in [0, 0.05) is 18.3 Å². The van der Waals surface area contributed by atoms with Gasteiger partial charge in [0.05, 0.1) is 0 Å². The molecule has 0 unspecified atom stereocenters. The second kappa shape index (κ2) is 5.03. The first-order valence-electron chi connectivity index (χ1n) is 6.78. The molecule has 3 rings (SSSR count). The normalized spacial score (nSPS) is 30.4. The number of likely N-dealkylation sites (tertiary alicyclic amines) is 1. The maximum atomic E-state index is 4.83. The van der Waals surface area contributed by atoms with Crippen molar-refractivity contribution in [2.45, 2.75) is 30.4 Å².